The molecule has 1 aromatic carbocycles. The minimum absolute atomic E-state index is 0.0186. The van der Waals surface area contributed by atoms with Crippen molar-refractivity contribution in [3.8, 4) is 0 Å². The molecule has 0 unspecified atom stereocenters. The molecular formula is C19H22F2N2O5. The van der Waals surface area contributed by atoms with Crippen molar-refractivity contribution in [2.24, 2.45) is 0 Å². The molecule has 0 aromatic heterocycles. The molecule has 2 rings (SSSR count). The number of carbonyl (C=O) groups is 4. The van der Waals surface area contributed by atoms with Crippen molar-refractivity contribution < 1.29 is 33.1 Å². The number of hydrogen-bond donors (Lipinski definition) is 1. The van der Waals surface area contributed by atoms with Crippen molar-refractivity contribution in [2.75, 3.05) is 13.6 Å². The van der Waals surface area contributed by atoms with Crippen LogP contribution in [-0.4, -0.2) is 64.0 Å². The second-order valence-corrected chi connectivity index (χ2v) is 6.72. The number of benzene rings is 1. The molecule has 1 heterocycles. The standard InChI is InChI=1S/C19H22F2N2O5/c1-22(12-13-6-3-2-4-7-13)15(24)9-10-16(25)23-11-5-8-14(23)17(26)19(20,21)18(27)28/h2-4,6-7,14H,5,8-12H2,1H3,(H,27,28)/t14-/m0/s1. The summed E-state index contributed by atoms with van der Waals surface area (Å²) < 4.78 is 27.0. The number of carboxylic acids is 1. The Balaban J connectivity index is 1.91. The van der Waals surface area contributed by atoms with E-state index in [0.29, 0.717) is 13.0 Å². The van der Waals surface area contributed by atoms with Gasteiger partial charge < -0.3 is 14.9 Å². The van der Waals surface area contributed by atoms with E-state index in [2.05, 4.69) is 0 Å². The Morgan fingerprint density at radius 1 is 1.18 bits per heavy atom. The van der Waals surface area contributed by atoms with Gasteiger partial charge in [0, 0.05) is 33.0 Å². The zero-order valence-electron chi connectivity index (χ0n) is 15.4. The summed E-state index contributed by atoms with van der Waals surface area (Å²) in [7, 11) is 1.59. The Morgan fingerprint density at radius 3 is 2.43 bits per heavy atom. The number of amides is 2. The van der Waals surface area contributed by atoms with E-state index in [1.807, 2.05) is 30.3 Å². The molecule has 1 aliphatic heterocycles. The van der Waals surface area contributed by atoms with E-state index in [0.717, 1.165) is 10.5 Å². The second-order valence-electron chi connectivity index (χ2n) is 6.72. The van der Waals surface area contributed by atoms with Crippen LogP contribution < -0.4 is 0 Å². The lowest BCUT2D eigenvalue weighted by Crippen LogP contribution is -2.50. The molecule has 0 aliphatic carbocycles. The van der Waals surface area contributed by atoms with Gasteiger partial charge in [-0.25, -0.2) is 4.79 Å². The summed E-state index contributed by atoms with van der Waals surface area (Å²) in [5, 5.41) is 8.53. The lowest BCUT2D eigenvalue weighted by Gasteiger charge is -2.26. The van der Waals surface area contributed by atoms with Gasteiger partial charge in [0.25, 0.3) is 0 Å². The van der Waals surface area contributed by atoms with Gasteiger partial charge in [0.2, 0.25) is 17.6 Å². The van der Waals surface area contributed by atoms with Crippen molar-refractivity contribution in [3.63, 3.8) is 0 Å². The van der Waals surface area contributed by atoms with E-state index in [1.54, 1.807) is 7.05 Å². The van der Waals surface area contributed by atoms with Gasteiger partial charge in [-0.15, -0.1) is 0 Å². The van der Waals surface area contributed by atoms with Crippen LogP contribution in [0.4, 0.5) is 8.78 Å². The number of aliphatic carboxylic acids is 1. The topological polar surface area (TPSA) is 95.0 Å². The molecule has 1 N–H and O–H groups in total. The molecule has 1 fully saturated rings. The molecule has 2 amide bonds. The molecule has 7 nitrogen and oxygen atoms in total. The number of likely N-dealkylation sites (tertiary alicyclic amines) is 1. The number of carboxylic acid groups (broad SMARTS) is 1. The van der Waals surface area contributed by atoms with Gasteiger partial charge in [0.05, 0.1) is 6.04 Å². The first kappa shape index (κ1) is 21.5. The van der Waals surface area contributed by atoms with Crippen molar-refractivity contribution in [3.05, 3.63) is 35.9 Å². The summed E-state index contributed by atoms with van der Waals surface area (Å²) in [6.45, 7) is 0.447. The van der Waals surface area contributed by atoms with Crippen LogP contribution in [0.3, 0.4) is 0 Å². The summed E-state index contributed by atoms with van der Waals surface area (Å²) in [6, 6.07) is 7.78. The van der Waals surface area contributed by atoms with Crippen molar-refractivity contribution in [1.82, 2.24) is 9.80 Å². The largest absolute Gasteiger partial charge is 0.476 e. The zero-order valence-corrected chi connectivity index (χ0v) is 15.4. The van der Waals surface area contributed by atoms with E-state index in [1.165, 1.54) is 4.90 Å². The quantitative estimate of drug-likeness (QED) is 0.675. The number of carbonyl (C=O) groups excluding carboxylic acids is 3. The molecule has 1 aromatic rings. The van der Waals surface area contributed by atoms with Crippen molar-refractivity contribution >= 4 is 23.6 Å². The van der Waals surface area contributed by atoms with Crippen LogP contribution >= 0.6 is 0 Å². The van der Waals surface area contributed by atoms with E-state index < -0.39 is 29.6 Å². The van der Waals surface area contributed by atoms with Crippen LogP contribution in [0.1, 0.15) is 31.2 Å². The minimum atomic E-state index is -4.54. The van der Waals surface area contributed by atoms with Crippen LogP contribution in [0.25, 0.3) is 0 Å². The average molecular weight is 396 g/mol. The Labute approximate surface area is 160 Å². The van der Waals surface area contributed by atoms with Gasteiger partial charge in [-0.2, -0.15) is 8.78 Å². The van der Waals surface area contributed by atoms with E-state index in [-0.39, 0.29) is 31.7 Å². The number of alkyl halides is 2. The third-order valence-electron chi connectivity index (χ3n) is 4.69. The number of halogens is 2. The van der Waals surface area contributed by atoms with Crippen molar-refractivity contribution in [1.29, 1.82) is 0 Å². The van der Waals surface area contributed by atoms with E-state index >= 15 is 0 Å². The average Bonchev–Trinajstić information content (AvgIpc) is 3.15. The van der Waals surface area contributed by atoms with Crippen LogP contribution in [0.15, 0.2) is 30.3 Å². The molecule has 1 atom stereocenters. The van der Waals surface area contributed by atoms with E-state index in [4.69, 9.17) is 5.11 Å². The summed E-state index contributed by atoms with van der Waals surface area (Å²) in [6.07, 6.45) is -0.0652. The third-order valence-corrected chi connectivity index (χ3v) is 4.69. The lowest BCUT2D eigenvalue weighted by molar-refractivity contribution is -0.174. The maximum absolute atomic E-state index is 13.5. The monoisotopic (exact) mass is 396 g/mol. The fraction of sp³-hybridized carbons (Fsp3) is 0.474. The molecule has 1 aliphatic rings. The Kier molecular flexibility index (Phi) is 6.82. The minimum Gasteiger partial charge on any atom is -0.476 e. The van der Waals surface area contributed by atoms with Crippen molar-refractivity contribution in [2.45, 2.75) is 44.2 Å². The smallest absolute Gasteiger partial charge is 0.401 e. The van der Waals surface area contributed by atoms with Gasteiger partial charge in [0.15, 0.2) is 0 Å². The van der Waals surface area contributed by atoms with Gasteiger partial charge in [-0.3, -0.25) is 14.4 Å². The number of Topliss-reactive ketones (excluding diaryl/α,β-unsaturated/α-hetero) is 1. The Bertz CT molecular complexity index is 754. The molecule has 1 saturated heterocycles. The van der Waals surface area contributed by atoms with Gasteiger partial charge in [-0.05, 0) is 18.4 Å². The fourth-order valence-corrected chi connectivity index (χ4v) is 3.15. The number of hydrogen-bond acceptors (Lipinski definition) is 4. The first-order valence-corrected chi connectivity index (χ1v) is 8.87. The van der Waals surface area contributed by atoms with Crippen LogP contribution in [-0.2, 0) is 25.7 Å². The molecule has 0 saturated carbocycles. The molecule has 0 bridgehead atoms. The Hall–Kier alpha value is -2.84. The summed E-state index contributed by atoms with van der Waals surface area (Å²) in [5.74, 6) is -9.78. The predicted octanol–water partition coefficient (Wildman–Crippen LogP) is 1.71. The first-order chi connectivity index (χ1) is 13.1. The summed E-state index contributed by atoms with van der Waals surface area (Å²) in [5.41, 5.74) is 0.922. The zero-order chi connectivity index (χ0) is 20.9. The highest BCUT2D eigenvalue weighted by atomic mass is 19.3. The molecular weight excluding hydrogens is 374 g/mol. The van der Waals surface area contributed by atoms with Crippen LogP contribution in [0.2, 0.25) is 0 Å². The lowest BCUT2D eigenvalue weighted by atomic mass is 10.0. The summed E-state index contributed by atoms with van der Waals surface area (Å²) >= 11 is 0. The Morgan fingerprint density at radius 2 is 1.82 bits per heavy atom. The first-order valence-electron chi connectivity index (χ1n) is 8.87. The van der Waals surface area contributed by atoms with Gasteiger partial charge in [0.1, 0.15) is 0 Å². The second kappa shape index (κ2) is 8.90. The molecule has 9 heteroatoms. The molecule has 0 radical (unpaired) electrons. The third kappa shape index (κ3) is 4.90. The van der Waals surface area contributed by atoms with Crippen LogP contribution in [0.5, 0.6) is 0 Å². The van der Waals surface area contributed by atoms with Gasteiger partial charge >= 0.3 is 11.9 Å². The fourth-order valence-electron chi connectivity index (χ4n) is 3.15. The molecule has 28 heavy (non-hydrogen) atoms. The molecule has 0 spiro atoms. The van der Waals surface area contributed by atoms with E-state index in [9.17, 15) is 28.0 Å². The maximum Gasteiger partial charge on any atom is 0.401 e. The maximum atomic E-state index is 13.5. The van der Waals surface area contributed by atoms with Gasteiger partial charge in [-0.1, -0.05) is 30.3 Å². The highest BCUT2D eigenvalue weighted by molar-refractivity contribution is 6.08. The number of rotatable bonds is 8. The molecule has 152 valence electrons. The van der Waals surface area contributed by atoms with Crippen LogP contribution in [0, 0.1) is 0 Å². The predicted molar refractivity (Wildman–Crippen MR) is 94.5 cm³/mol. The normalized spacial score (nSPS) is 16.7. The highest BCUT2D eigenvalue weighted by Crippen LogP contribution is 2.27. The highest BCUT2D eigenvalue weighted by Gasteiger charge is 2.53. The number of nitrogens with zero attached hydrogens (tertiary/aromatic N) is 2. The SMILES string of the molecule is CN(Cc1ccccc1)C(=O)CCC(=O)N1CCC[C@H]1C(=O)C(F)(F)C(=O)O. The summed E-state index contributed by atoms with van der Waals surface area (Å²) in [4.78, 5) is 49.5. The number of ketones is 1.